The van der Waals surface area contributed by atoms with Crippen LogP contribution in [0.1, 0.15) is 66.7 Å². The Bertz CT molecular complexity index is 1090. The summed E-state index contributed by atoms with van der Waals surface area (Å²) in [5.41, 5.74) is 0.0202. The van der Waals surface area contributed by atoms with Crippen LogP contribution >= 0.6 is 11.3 Å². The van der Waals surface area contributed by atoms with E-state index in [-0.39, 0.29) is 22.8 Å². The Morgan fingerprint density at radius 3 is 2.26 bits per heavy atom. The number of rotatable bonds is 4. The number of nitrogens with zero attached hydrogens (tertiary/aromatic N) is 3. The monoisotopic (exact) mass is 486 g/mol. The second kappa shape index (κ2) is 8.36. The van der Waals surface area contributed by atoms with E-state index >= 15 is 0 Å². The lowest BCUT2D eigenvalue weighted by Crippen LogP contribution is -2.48. The third-order valence-electron chi connectivity index (χ3n) is 8.46. The molecule has 2 aromatic rings. The van der Waals surface area contributed by atoms with Crippen molar-refractivity contribution < 1.29 is 18.4 Å². The highest BCUT2D eigenvalue weighted by atomic mass is 32.1. The number of likely N-dealkylation sites (tertiary alicyclic amines) is 1. The maximum Gasteiger partial charge on any atom is 0.256 e. The molecule has 0 atom stereocenters. The first-order chi connectivity index (χ1) is 16.4. The molecule has 1 N–H and O–H groups in total. The Morgan fingerprint density at radius 2 is 1.65 bits per heavy atom. The van der Waals surface area contributed by atoms with Gasteiger partial charge in [-0.1, -0.05) is 11.3 Å². The van der Waals surface area contributed by atoms with Crippen LogP contribution < -0.4 is 5.32 Å². The third kappa shape index (κ3) is 3.91. The zero-order chi connectivity index (χ0) is 23.4. The zero-order valence-corrected chi connectivity index (χ0v) is 19.8. The fraction of sp³-hybridized carbons (Fsp3) is 0.600. The minimum absolute atomic E-state index is 0.103. The van der Waals surface area contributed by atoms with E-state index < -0.39 is 17.5 Å². The van der Waals surface area contributed by atoms with Gasteiger partial charge < -0.3 is 10.2 Å². The molecule has 4 saturated carbocycles. The molecule has 4 aliphatic carbocycles. The standard InChI is InChI=1S/C25H28F2N4O2S/c26-18-1-2-19(20(27)10-18)22(33)31-5-3-17(4-6-31)21(32)28-24-30-29-23(34-24)25-11-14-7-15(12-25)9-16(8-14)13-25/h1-2,10,14-17H,3-9,11-13H2,(H,28,30,32). The largest absolute Gasteiger partial charge is 0.339 e. The summed E-state index contributed by atoms with van der Waals surface area (Å²) in [6, 6.07) is 2.96. The number of carbonyl (C=O) groups excluding carboxylic acids is 2. The molecule has 4 bridgehead atoms. The van der Waals surface area contributed by atoms with E-state index in [4.69, 9.17) is 0 Å². The summed E-state index contributed by atoms with van der Waals surface area (Å²) in [6.07, 6.45) is 8.72. The highest BCUT2D eigenvalue weighted by molar-refractivity contribution is 7.15. The molecule has 5 fully saturated rings. The van der Waals surface area contributed by atoms with Crippen molar-refractivity contribution >= 4 is 28.3 Å². The molecule has 34 heavy (non-hydrogen) atoms. The van der Waals surface area contributed by atoms with Crippen molar-refractivity contribution in [2.45, 2.75) is 56.8 Å². The number of anilines is 1. The molecular formula is C25H28F2N4O2S. The minimum atomic E-state index is -0.865. The number of carbonyl (C=O) groups is 2. The molecule has 1 saturated heterocycles. The number of hydrogen-bond acceptors (Lipinski definition) is 5. The van der Waals surface area contributed by atoms with Gasteiger partial charge in [0.1, 0.15) is 16.6 Å². The van der Waals surface area contributed by atoms with Crippen molar-refractivity contribution in [2.75, 3.05) is 18.4 Å². The Morgan fingerprint density at radius 1 is 1.00 bits per heavy atom. The molecule has 1 aromatic heterocycles. The summed E-state index contributed by atoms with van der Waals surface area (Å²) in [6.45, 7) is 0.699. The fourth-order valence-electron chi connectivity index (χ4n) is 7.25. The molecule has 180 valence electrons. The molecular weight excluding hydrogens is 458 g/mol. The average Bonchev–Trinajstić information content (AvgIpc) is 3.27. The third-order valence-corrected chi connectivity index (χ3v) is 9.55. The number of benzene rings is 1. The van der Waals surface area contributed by atoms with E-state index in [1.807, 2.05) is 0 Å². The number of halogens is 2. The summed E-state index contributed by atoms with van der Waals surface area (Å²) < 4.78 is 27.1. The molecule has 2 amide bonds. The quantitative estimate of drug-likeness (QED) is 0.675. The van der Waals surface area contributed by atoms with Crippen LogP contribution in [0.25, 0.3) is 0 Å². The second-order valence-electron chi connectivity index (χ2n) is 10.8. The predicted molar refractivity (Wildman–Crippen MR) is 123 cm³/mol. The lowest BCUT2D eigenvalue weighted by atomic mass is 9.50. The number of amides is 2. The van der Waals surface area contributed by atoms with Gasteiger partial charge in [0.2, 0.25) is 11.0 Å². The first-order valence-electron chi connectivity index (χ1n) is 12.3. The smallest absolute Gasteiger partial charge is 0.256 e. The van der Waals surface area contributed by atoms with Gasteiger partial charge in [0, 0.05) is 30.5 Å². The predicted octanol–water partition coefficient (Wildman–Crippen LogP) is 4.78. The molecule has 0 unspecified atom stereocenters. The van der Waals surface area contributed by atoms with E-state index in [1.165, 1.54) is 60.8 Å². The normalized spacial score (nSPS) is 30.5. The zero-order valence-electron chi connectivity index (χ0n) is 18.9. The van der Waals surface area contributed by atoms with Crippen molar-refractivity contribution in [2.24, 2.45) is 23.7 Å². The Balaban J connectivity index is 1.06. The molecule has 7 rings (SSSR count). The Hall–Kier alpha value is -2.42. The minimum Gasteiger partial charge on any atom is -0.339 e. The van der Waals surface area contributed by atoms with Crippen molar-refractivity contribution in [3.05, 3.63) is 40.4 Å². The Labute approximate surface area is 201 Å². The van der Waals surface area contributed by atoms with Crippen molar-refractivity contribution in [1.82, 2.24) is 15.1 Å². The molecule has 2 heterocycles. The summed E-state index contributed by atoms with van der Waals surface area (Å²) in [5.74, 6) is 0.0739. The molecule has 1 aromatic carbocycles. The van der Waals surface area contributed by atoms with Gasteiger partial charge in [-0.15, -0.1) is 10.2 Å². The summed E-state index contributed by atoms with van der Waals surface area (Å²) in [5, 5.41) is 13.4. The summed E-state index contributed by atoms with van der Waals surface area (Å²) in [7, 11) is 0. The van der Waals surface area contributed by atoms with Gasteiger partial charge in [-0.2, -0.15) is 0 Å². The van der Waals surface area contributed by atoms with Gasteiger partial charge in [0.15, 0.2) is 0 Å². The van der Waals surface area contributed by atoms with E-state index in [0.717, 1.165) is 28.8 Å². The van der Waals surface area contributed by atoms with Crippen LogP contribution in [-0.4, -0.2) is 40.0 Å². The van der Waals surface area contributed by atoms with Crippen molar-refractivity contribution in [3.8, 4) is 0 Å². The number of hydrogen-bond donors (Lipinski definition) is 1. The molecule has 1 aliphatic heterocycles. The summed E-state index contributed by atoms with van der Waals surface area (Å²) >= 11 is 1.53. The van der Waals surface area contributed by atoms with Crippen LogP contribution in [0.15, 0.2) is 18.2 Å². The molecule has 6 nitrogen and oxygen atoms in total. The first-order valence-corrected chi connectivity index (χ1v) is 13.1. The van der Waals surface area contributed by atoms with Gasteiger partial charge in [-0.25, -0.2) is 8.78 Å². The molecule has 0 spiro atoms. The number of aromatic nitrogens is 2. The van der Waals surface area contributed by atoms with E-state index in [1.54, 1.807) is 0 Å². The topological polar surface area (TPSA) is 75.2 Å². The van der Waals surface area contributed by atoms with Crippen LogP contribution in [0.3, 0.4) is 0 Å². The van der Waals surface area contributed by atoms with Gasteiger partial charge in [0.05, 0.1) is 5.56 Å². The SMILES string of the molecule is O=C(Nc1nnc(C23CC4CC(CC(C4)C2)C3)s1)C1CCN(C(=O)c2ccc(F)cc2F)CC1. The van der Waals surface area contributed by atoms with Crippen LogP contribution in [0.4, 0.5) is 13.9 Å². The van der Waals surface area contributed by atoms with Gasteiger partial charge in [-0.3, -0.25) is 9.59 Å². The molecule has 5 aliphatic rings. The van der Waals surface area contributed by atoms with Crippen LogP contribution in [0, 0.1) is 35.3 Å². The van der Waals surface area contributed by atoms with Crippen LogP contribution in [0.5, 0.6) is 0 Å². The lowest BCUT2D eigenvalue weighted by molar-refractivity contribution is -0.121. The number of nitrogens with one attached hydrogen (secondary N) is 1. The van der Waals surface area contributed by atoms with Gasteiger partial charge in [0.25, 0.3) is 5.91 Å². The molecule has 0 radical (unpaired) electrons. The average molecular weight is 487 g/mol. The highest BCUT2D eigenvalue weighted by Gasteiger charge is 2.53. The van der Waals surface area contributed by atoms with Gasteiger partial charge in [-0.05, 0) is 81.3 Å². The lowest BCUT2D eigenvalue weighted by Gasteiger charge is -2.55. The Kier molecular flexibility index (Phi) is 5.43. The van der Waals surface area contributed by atoms with Gasteiger partial charge >= 0.3 is 0 Å². The van der Waals surface area contributed by atoms with E-state index in [0.29, 0.717) is 37.1 Å². The van der Waals surface area contributed by atoms with Crippen LogP contribution in [-0.2, 0) is 10.2 Å². The van der Waals surface area contributed by atoms with Crippen molar-refractivity contribution in [1.29, 1.82) is 0 Å². The number of piperidine rings is 1. The van der Waals surface area contributed by atoms with Crippen molar-refractivity contribution in [3.63, 3.8) is 0 Å². The summed E-state index contributed by atoms with van der Waals surface area (Å²) in [4.78, 5) is 27.0. The maximum absolute atomic E-state index is 14.0. The van der Waals surface area contributed by atoms with E-state index in [2.05, 4.69) is 15.5 Å². The highest BCUT2D eigenvalue weighted by Crippen LogP contribution is 2.61. The van der Waals surface area contributed by atoms with Crippen LogP contribution in [0.2, 0.25) is 0 Å². The molecule has 9 heteroatoms. The first kappa shape index (κ1) is 22.1. The maximum atomic E-state index is 14.0. The fourth-order valence-corrected chi connectivity index (χ4v) is 8.21. The van der Waals surface area contributed by atoms with E-state index in [9.17, 15) is 18.4 Å². The second-order valence-corrected chi connectivity index (χ2v) is 11.8.